The summed E-state index contributed by atoms with van der Waals surface area (Å²) in [6.07, 6.45) is -0.521. The molecule has 1 unspecified atom stereocenters. The van der Waals surface area contributed by atoms with Crippen LogP contribution in [0.25, 0.3) is 10.1 Å². The molecule has 0 bridgehead atoms. The number of thiophene rings is 1. The third-order valence-electron chi connectivity index (χ3n) is 8.18. The van der Waals surface area contributed by atoms with Gasteiger partial charge >= 0.3 is 0 Å². The van der Waals surface area contributed by atoms with Crippen molar-refractivity contribution in [3.63, 3.8) is 0 Å². The lowest BCUT2D eigenvalue weighted by molar-refractivity contribution is 0.0904. The van der Waals surface area contributed by atoms with Crippen molar-refractivity contribution in [2.75, 3.05) is 38.1 Å². The molecule has 4 aromatic rings. The maximum Gasteiger partial charge on any atom is 0.265 e. The summed E-state index contributed by atoms with van der Waals surface area (Å²) in [6.45, 7) is 5.54. The lowest BCUT2D eigenvalue weighted by atomic mass is 10.0. The summed E-state index contributed by atoms with van der Waals surface area (Å²) in [5, 5.41) is 7.21. The van der Waals surface area contributed by atoms with Crippen LogP contribution in [0.5, 0.6) is 11.5 Å². The number of benzene rings is 3. The zero-order valence-corrected chi connectivity index (χ0v) is 23.0. The molecule has 2 fully saturated rings. The van der Waals surface area contributed by atoms with Gasteiger partial charge in [0.15, 0.2) is 17.6 Å². The van der Waals surface area contributed by atoms with E-state index >= 15 is 0 Å². The Morgan fingerprint density at radius 1 is 1.02 bits per heavy atom. The number of carbonyl (C=O) groups is 2. The Kier molecular flexibility index (Phi) is 6.61. The summed E-state index contributed by atoms with van der Waals surface area (Å²) in [5.41, 5.74) is 7.61. The van der Waals surface area contributed by atoms with Crippen LogP contribution >= 0.6 is 11.3 Å². The number of carbonyl (C=O) groups excluding carboxylic acids is 2. The van der Waals surface area contributed by atoms with E-state index in [0.717, 1.165) is 54.6 Å². The molecular weight excluding hydrogens is 543 g/mol. The molecule has 41 heavy (non-hydrogen) atoms. The topological polar surface area (TPSA) is 106 Å². The molecule has 4 N–H and O–H groups in total. The molecule has 4 heterocycles. The second-order valence-corrected chi connectivity index (χ2v) is 12.1. The number of nitrogens with zero attached hydrogens (tertiary/aromatic N) is 1. The van der Waals surface area contributed by atoms with Gasteiger partial charge in [-0.25, -0.2) is 4.39 Å². The zero-order chi connectivity index (χ0) is 28.1. The highest BCUT2D eigenvalue weighted by Gasteiger charge is 2.35. The Morgan fingerprint density at radius 3 is 2.66 bits per heavy atom. The Hall–Kier alpha value is -3.99. The smallest absolute Gasteiger partial charge is 0.265 e. The number of nitrogens with one attached hydrogen (secondary N) is 2. The van der Waals surface area contributed by atoms with Gasteiger partial charge < -0.3 is 25.8 Å². The molecule has 10 heteroatoms. The molecular formula is C31H29FN4O4S. The van der Waals surface area contributed by atoms with E-state index in [2.05, 4.69) is 33.7 Å². The Balaban J connectivity index is 1.04. The number of hydrogen-bond donors (Lipinski definition) is 3. The standard InChI is InChI=1S/C31H29FN4O4S/c32-23-5-3-18(27-16-39-26-9-20(30(33)37)4-6-25(26)40-27)8-24(23)35-31(38)29-10-19-2-1-17(7-28(19)41-29)13-36-14-21-11-34-12-22(21)15-36/h1-10,21-22,27,34H,11-16H2,(H2,33,37)(H,35,38)/t21-,22+,27?. The quantitative estimate of drug-likeness (QED) is 0.313. The molecule has 8 nitrogen and oxygen atoms in total. The van der Waals surface area contributed by atoms with Crippen LogP contribution in [0.4, 0.5) is 10.1 Å². The second-order valence-electron chi connectivity index (χ2n) is 11.0. The monoisotopic (exact) mass is 572 g/mol. The lowest BCUT2D eigenvalue weighted by Gasteiger charge is -2.27. The Labute approximate surface area is 240 Å². The summed E-state index contributed by atoms with van der Waals surface area (Å²) in [7, 11) is 0. The molecule has 2 saturated heterocycles. The Bertz CT molecular complexity index is 1660. The van der Waals surface area contributed by atoms with E-state index < -0.39 is 17.8 Å². The first-order valence-corrected chi connectivity index (χ1v) is 14.5. The number of fused-ring (bicyclic) bond motifs is 3. The van der Waals surface area contributed by atoms with Crippen molar-refractivity contribution in [3.05, 3.63) is 88.0 Å². The number of rotatable bonds is 6. The molecule has 3 atom stereocenters. The fraction of sp³-hybridized carbons (Fsp3) is 0.290. The molecule has 3 aromatic carbocycles. The summed E-state index contributed by atoms with van der Waals surface area (Å²) >= 11 is 1.41. The highest BCUT2D eigenvalue weighted by molar-refractivity contribution is 7.20. The Morgan fingerprint density at radius 2 is 1.85 bits per heavy atom. The largest absolute Gasteiger partial charge is 0.485 e. The van der Waals surface area contributed by atoms with Crippen LogP contribution in [0, 0.1) is 17.7 Å². The predicted octanol–water partition coefficient (Wildman–Crippen LogP) is 4.56. The second kappa shape index (κ2) is 10.4. The van der Waals surface area contributed by atoms with Crippen molar-refractivity contribution in [2.45, 2.75) is 12.6 Å². The molecule has 3 aliphatic rings. The van der Waals surface area contributed by atoms with E-state index in [1.54, 1.807) is 24.3 Å². The van der Waals surface area contributed by atoms with Gasteiger partial charge in [-0.05, 0) is 83.9 Å². The average molecular weight is 573 g/mol. The van der Waals surface area contributed by atoms with Crippen LogP contribution in [0.3, 0.4) is 0 Å². The zero-order valence-electron chi connectivity index (χ0n) is 22.2. The van der Waals surface area contributed by atoms with Crippen molar-refractivity contribution >= 4 is 38.9 Å². The maximum absolute atomic E-state index is 14.8. The minimum atomic E-state index is -0.557. The minimum Gasteiger partial charge on any atom is -0.485 e. The van der Waals surface area contributed by atoms with Gasteiger partial charge in [0.2, 0.25) is 5.91 Å². The van der Waals surface area contributed by atoms with Gasteiger partial charge in [-0.2, -0.15) is 0 Å². The number of amides is 2. The van der Waals surface area contributed by atoms with Crippen LogP contribution in [0.1, 0.15) is 37.3 Å². The molecule has 3 aliphatic heterocycles. The van der Waals surface area contributed by atoms with Crippen LogP contribution in [0.2, 0.25) is 0 Å². The van der Waals surface area contributed by atoms with Gasteiger partial charge in [-0.3, -0.25) is 14.5 Å². The number of hydrogen-bond acceptors (Lipinski definition) is 7. The maximum atomic E-state index is 14.8. The lowest BCUT2D eigenvalue weighted by Crippen LogP contribution is -2.25. The third-order valence-corrected chi connectivity index (χ3v) is 9.27. The molecule has 1 aromatic heterocycles. The van der Waals surface area contributed by atoms with Crippen molar-refractivity contribution < 1.29 is 23.5 Å². The fourth-order valence-electron chi connectivity index (χ4n) is 6.04. The van der Waals surface area contributed by atoms with Gasteiger partial charge in [0.1, 0.15) is 12.4 Å². The van der Waals surface area contributed by atoms with Crippen molar-refractivity contribution in [1.29, 1.82) is 0 Å². The van der Waals surface area contributed by atoms with Crippen molar-refractivity contribution in [1.82, 2.24) is 10.2 Å². The molecule has 210 valence electrons. The summed E-state index contributed by atoms with van der Waals surface area (Å²) in [4.78, 5) is 27.7. The molecule has 2 amide bonds. The van der Waals surface area contributed by atoms with E-state index in [-0.39, 0.29) is 18.2 Å². The highest BCUT2D eigenvalue weighted by Crippen LogP contribution is 2.38. The van der Waals surface area contributed by atoms with Gasteiger partial charge in [0, 0.05) is 29.9 Å². The normalized spacial score (nSPS) is 21.6. The van der Waals surface area contributed by atoms with E-state index in [9.17, 15) is 14.0 Å². The van der Waals surface area contributed by atoms with Crippen LogP contribution in [0.15, 0.2) is 60.7 Å². The van der Waals surface area contributed by atoms with Crippen molar-refractivity contribution in [2.24, 2.45) is 17.6 Å². The summed E-state index contributed by atoms with van der Waals surface area (Å²) in [5.74, 6) is 0.904. The number of primary amides is 1. The summed E-state index contributed by atoms with van der Waals surface area (Å²) in [6, 6.07) is 17.4. The van der Waals surface area contributed by atoms with Crippen molar-refractivity contribution in [3.8, 4) is 11.5 Å². The fourth-order valence-corrected chi connectivity index (χ4v) is 7.06. The highest BCUT2D eigenvalue weighted by atomic mass is 32.1. The number of likely N-dealkylation sites (tertiary alicyclic amines) is 1. The first-order valence-electron chi connectivity index (χ1n) is 13.7. The van der Waals surface area contributed by atoms with Crippen LogP contribution in [-0.4, -0.2) is 49.5 Å². The number of halogens is 1. The van der Waals surface area contributed by atoms with E-state index in [4.69, 9.17) is 15.2 Å². The van der Waals surface area contributed by atoms with Gasteiger partial charge in [0.05, 0.1) is 10.6 Å². The average Bonchev–Trinajstić information content (AvgIpc) is 3.69. The molecule has 7 rings (SSSR count). The van der Waals surface area contributed by atoms with Crippen LogP contribution < -0.4 is 25.8 Å². The molecule has 0 aliphatic carbocycles. The van der Waals surface area contributed by atoms with E-state index in [1.165, 1.54) is 29.0 Å². The summed E-state index contributed by atoms with van der Waals surface area (Å²) < 4.78 is 27.6. The van der Waals surface area contributed by atoms with E-state index in [0.29, 0.717) is 27.5 Å². The first-order chi connectivity index (χ1) is 19.9. The van der Waals surface area contributed by atoms with E-state index in [1.807, 2.05) is 6.07 Å². The number of anilines is 1. The van der Waals surface area contributed by atoms with Gasteiger partial charge in [-0.15, -0.1) is 11.3 Å². The predicted molar refractivity (Wildman–Crippen MR) is 155 cm³/mol. The molecule has 0 saturated carbocycles. The molecule has 0 spiro atoms. The van der Waals surface area contributed by atoms with Gasteiger partial charge in [0.25, 0.3) is 5.91 Å². The third kappa shape index (κ3) is 5.14. The number of nitrogens with two attached hydrogens (primary N) is 1. The van der Waals surface area contributed by atoms with Gasteiger partial charge in [-0.1, -0.05) is 18.2 Å². The SMILES string of the molecule is NC(=O)c1ccc2c(c1)OCC(c1ccc(F)c(NC(=O)c3cc4ccc(CN5C[C@H]6CNC[C@H]6C5)cc4s3)c1)O2. The molecule has 0 radical (unpaired) electrons. The van der Waals surface area contributed by atoms with Crippen LogP contribution in [-0.2, 0) is 6.54 Å². The first kappa shape index (κ1) is 25.9. The minimum absolute atomic E-state index is 0.0678. The number of ether oxygens (including phenoxy) is 2.